The summed E-state index contributed by atoms with van der Waals surface area (Å²) in [5, 5.41) is 9.92. The quantitative estimate of drug-likeness (QED) is 0.454. The van der Waals surface area contributed by atoms with Crippen LogP contribution in [-0.2, 0) is 6.42 Å². The maximum Gasteiger partial charge on any atom is 0.338 e. The molecule has 2 aromatic rings. The molecule has 0 radical (unpaired) electrons. The summed E-state index contributed by atoms with van der Waals surface area (Å²) in [5.74, 6) is 1.50. The van der Waals surface area contributed by atoms with Crippen molar-refractivity contribution in [2.45, 2.75) is 12.8 Å². The van der Waals surface area contributed by atoms with Gasteiger partial charge in [0.1, 0.15) is 18.1 Å². The maximum absolute atomic E-state index is 10.9. The van der Waals surface area contributed by atoms with Crippen LogP contribution in [0.15, 0.2) is 54.1 Å². The number of ether oxygens (including phenoxy) is 2. The molecule has 0 spiro atoms. The number of nitrogens with two attached hydrogens (primary N) is 1. The lowest BCUT2D eigenvalue weighted by Gasteiger charge is -2.21. The van der Waals surface area contributed by atoms with E-state index in [0.29, 0.717) is 18.3 Å². The zero-order valence-corrected chi connectivity index (χ0v) is 14.4. The summed E-state index contributed by atoms with van der Waals surface area (Å²) in [5.41, 5.74) is 7.93. The van der Waals surface area contributed by atoms with Gasteiger partial charge in [-0.05, 0) is 48.3 Å². The third kappa shape index (κ3) is 4.77. The van der Waals surface area contributed by atoms with Gasteiger partial charge in [-0.25, -0.2) is 9.86 Å². The smallest absolute Gasteiger partial charge is 0.338 e. The number of hydrogen-bond donors (Lipinski definition) is 2. The summed E-state index contributed by atoms with van der Waals surface area (Å²) in [6.45, 7) is 0.933. The first-order valence-electron chi connectivity index (χ1n) is 8.50. The van der Waals surface area contributed by atoms with Gasteiger partial charge in [-0.15, -0.1) is 0 Å². The molecular formula is C20H22N2O4. The van der Waals surface area contributed by atoms with E-state index in [1.54, 1.807) is 0 Å². The molecule has 1 heterocycles. The third-order valence-electron chi connectivity index (χ3n) is 4.08. The van der Waals surface area contributed by atoms with Gasteiger partial charge >= 0.3 is 6.03 Å². The van der Waals surface area contributed by atoms with Crippen LogP contribution < -0.4 is 15.2 Å². The fraction of sp³-hybridized carbons (Fsp3) is 0.250. The number of hydroxylamine groups is 2. The van der Waals surface area contributed by atoms with E-state index in [2.05, 4.69) is 12.1 Å². The molecule has 0 atom stereocenters. The number of nitrogens with zero attached hydrogens (tertiary/aromatic N) is 1. The maximum atomic E-state index is 10.9. The number of carbonyl (C=O) groups is 1. The number of benzene rings is 2. The van der Waals surface area contributed by atoms with Crippen molar-refractivity contribution in [3.63, 3.8) is 0 Å². The molecule has 0 aromatic heterocycles. The van der Waals surface area contributed by atoms with E-state index in [9.17, 15) is 10.0 Å². The Morgan fingerprint density at radius 3 is 2.81 bits per heavy atom. The standard InChI is InChI=1S/C20H22N2O4/c21-20(23)22(24)13-16-11-17-12-18(8-9-19(17)26-14-16)25-10-4-7-15-5-2-1-3-6-15/h1-3,5-6,8-9,11-12,24H,4,7,10,13-14H2,(H2,21,23). The van der Waals surface area contributed by atoms with Crippen molar-refractivity contribution in [2.75, 3.05) is 19.8 Å². The second-order valence-electron chi connectivity index (χ2n) is 6.12. The van der Waals surface area contributed by atoms with Crippen LogP contribution in [0.4, 0.5) is 4.79 Å². The van der Waals surface area contributed by atoms with Crippen molar-refractivity contribution in [3.8, 4) is 11.5 Å². The normalized spacial score (nSPS) is 12.6. The van der Waals surface area contributed by atoms with Gasteiger partial charge in [0.2, 0.25) is 0 Å². The van der Waals surface area contributed by atoms with E-state index in [-0.39, 0.29) is 6.54 Å². The average molecular weight is 354 g/mol. The van der Waals surface area contributed by atoms with E-state index in [1.807, 2.05) is 42.5 Å². The first kappa shape index (κ1) is 17.8. The SMILES string of the molecule is NC(=O)N(O)CC1=Cc2cc(OCCCc3ccccc3)ccc2OC1. The highest BCUT2D eigenvalue weighted by Crippen LogP contribution is 2.30. The van der Waals surface area contributed by atoms with Crippen LogP contribution in [-0.4, -0.2) is 36.1 Å². The van der Waals surface area contributed by atoms with Crippen molar-refractivity contribution >= 4 is 12.1 Å². The van der Waals surface area contributed by atoms with Crippen LogP contribution in [0.25, 0.3) is 6.08 Å². The second-order valence-corrected chi connectivity index (χ2v) is 6.12. The molecule has 0 fully saturated rings. The number of hydrogen-bond acceptors (Lipinski definition) is 4. The molecule has 0 bridgehead atoms. The highest BCUT2D eigenvalue weighted by atomic mass is 16.5. The second kappa shape index (κ2) is 8.40. The van der Waals surface area contributed by atoms with Crippen LogP contribution in [0.1, 0.15) is 17.5 Å². The first-order valence-corrected chi connectivity index (χ1v) is 8.50. The monoisotopic (exact) mass is 354 g/mol. The molecule has 3 rings (SSSR count). The van der Waals surface area contributed by atoms with E-state index in [1.165, 1.54) is 5.56 Å². The van der Waals surface area contributed by atoms with E-state index < -0.39 is 6.03 Å². The van der Waals surface area contributed by atoms with Crippen LogP contribution in [0.2, 0.25) is 0 Å². The molecule has 26 heavy (non-hydrogen) atoms. The molecule has 0 saturated heterocycles. The van der Waals surface area contributed by atoms with Crippen molar-refractivity contribution in [2.24, 2.45) is 5.73 Å². The van der Waals surface area contributed by atoms with Crippen LogP contribution in [0.5, 0.6) is 11.5 Å². The van der Waals surface area contributed by atoms with Crippen LogP contribution in [0.3, 0.4) is 0 Å². The average Bonchev–Trinajstić information content (AvgIpc) is 2.65. The molecule has 2 aromatic carbocycles. The Kier molecular flexibility index (Phi) is 5.76. The lowest BCUT2D eigenvalue weighted by molar-refractivity contribution is -0.0321. The van der Waals surface area contributed by atoms with Crippen molar-refractivity contribution in [1.29, 1.82) is 0 Å². The minimum absolute atomic E-state index is 0.0108. The zero-order valence-electron chi connectivity index (χ0n) is 14.4. The number of primary amides is 1. The zero-order chi connectivity index (χ0) is 18.4. The summed E-state index contributed by atoms with van der Waals surface area (Å²) in [4.78, 5) is 10.9. The Hall–Kier alpha value is -2.99. The van der Waals surface area contributed by atoms with Gasteiger partial charge in [0.15, 0.2) is 0 Å². The summed E-state index contributed by atoms with van der Waals surface area (Å²) in [7, 11) is 0. The number of aryl methyl sites for hydroxylation is 1. The summed E-state index contributed by atoms with van der Waals surface area (Å²) >= 11 is 0. The van der Waals surface area contributed by atoms with Crippen molar-refractivity contribution in [1.82, 2.24) is 5.06 Å². The summed E-state index contributed by atoms with van der Waals surface area (Å²) in [6.07, 6.45) is 3.77. The van der Waals surface area contributed by atoms with Crippen LogP contribution >= 0.6 is 0 Å². The highest BCUT2D eigenvalue weighted by Gasteiger charge is 2.16. The topological polar surface area (TPSA) is 85.0 Å². The molecule has 0 aliphatic carbocycles. The molecule has 6 heteroatoms. The van der Waals surface area contributed by atoms with Crippen LogP contribution in [0, 0.1) is 0 Å². The molecule has 136 valence electrons. The Balaban J connectivity index is 1.56. The molecule has 0 saturated carbocycles. The predicted molar refractivity (Wildman–Crippen MR) is 98.2 cm³/mol. The molecule has 1 aliphatic rings. The summed E-state index contributed by atoms with van der Waals surface area (Å²) in [6, 6.07) is 15.0. The van der Waals surface area contributed by atoms with Gasteiger partial charge in [-0.2, -0.15) is 0 Å². The van der Waals surface area contributed by atoms with Gasteiger partial charge in [-0.3, -0.25) is 5.21 Å². The molecule has 1 aliphatic heterocycles. The predicted octanol–water partition coefficient (Wildman–Crippen LogP) is 3.24. The Morgan fingerprint density at radius 2 is 2.04 bits per heavy atom. The minimum Gasteiger partial charge on any atom is -0.494 e. The Morgan fingerprint density at radius 1 is 1.23 bits per heavy atom. The first-order chi connectivity index (χ1) is 12.6. The lowest BCUT2D eigenvalue weighted by atomic mass is 10.1. The molecule has 3 N–H and O–H groups in total. The van der Waals surface area contributed by atoms with Gasteiger partial charge < -0.3 is 15.2 Å². The van der Waals surface area contributed by atoms with Crippen molar-refractivity contribution in [3.05, 3.63) is 65.2 Å². The summed E-state index contributed by atoms with van der Waals surface area (Å²) < 4.78 is 11.5. The Bertz CT molecular complexity index is 790. The number of fused-ring (bicyclic) bond motifs is 1. The van der Waals surface area contributed by atoms with Gasteiger partial charge in [0, 0.05) is 5.56 Å². The fourth-order valence-electron chi connectivity index (χ4n) is 2.77. The van der Waals surface area contributed by atoms with Gasteiger partial charge in [0.05, 0.1) is 13.2 Å². The number of amides is 2. The molecule has 2 amide bonds. The Labute approximate surface area is 152 Å². The largest absolute Gasteiger partial charge is 0.494 e. The lowest BCUT2D eigenvalue weighted by Crippen LogP contribution is -2.35. The van der Waals surface area contributed by atoms with Gasteiger partial charge in [-0.1, -0.05) is 30.3 Å². The van der Waals surface area contributed by atoms with Crippen molar-refractivity contribution < 1.29 is 19.5 Å². The fourth-order valence-corrected chi connectivity index (χ4v) is 2.77. The van der Waals surface area contributed by atoms with E-state index in [0.717, 1.165) is 35.5 Å². The van der Waals surface area contributed by atoms with Gasteiger partial charge in [0.25, 0.3) is 0 Å². The number of carbonyl (C=O) groups excluding carboxylic acids is 1. The third-order valence-corrected chi connectivity index (χ3v) is 4.08. The van der Waals surface area contributed by atoms with E-state index >= 15 is 0 Å². The number of urea groups is 1. The highest BCUT2D eigenvalue weighted by molar-refractivity contribution is 5.71. The molecule has 6 nitrogen and oxygen atoms in total. The molecule has 0 unspecified atom stereocenters. The minimum atomic E-state index is -0.896. The molecular weight excluding hydrogens is 332 g/mol. The van der Waals surface area contributed by atoms with E-state index in [4.69, 9.17) is 15.2 Å². The number of rotatable bonds is 7.